The van der Waals surface area contributed by atoms with E-state index >= 15 is 0 Å². The summed E-state index contributed by atoms with van der Waals surface area (Å²) in [6.45, 7) is 13.6. The van der Waals surface area contributed by atoms with E-state index in [9.17, 15) is 0 Å². The van der Waals surface area contributed by atoms with Crippen molar-refractivity contribution in [1.82, 2.24) is 0 Å². The predicted molar refractivity (Wildman–Crippen MR) is 208 cm³/mol. The second-order valence-electron chi connectivity index (χ2n) is 17.8. The number of hydrogen-bond acceptors (Lipinski definition) is 0. The average molecular weight is 734 g/mol. The number of allylic oxidation sites excluding steroid dienone is 4. The molecule has 0 aliphatic heterocycles. The standard InChI is InChI=1S/C21H25.C15H19.C13H10.Zr/c1-20(2,3)16-7-9-18-14(12-16)11-15-13-17(21(4,5)6)8-10-19(15)18;1-2-4-14(3-1)15-8-11-5-12(9-15)7-13(6-11)10-15;1-3-7-12(8-4-1)11-13-9-5-2-6-10-13;/h7-10,12H,11H2,1-6H3;3-4,11-13H,1,5-10H2;1-10H;/q2*-1;;+2. The average Bonchev–Trinajstić information content (AvgIpc) is 3.77. The van der Waals surface area contributed by atoms with E-state index in [1.807, 2.05) is 0 Å². The summed E-state index contributed by atoms with van der Waals surface area (Å²) in [6.07, 6.45) is 19.4. The quantitative estimate of drug-likeness (QED) is 0.162. The Balaban J connectivity index is 0.000000121. The zero-order chi connectivity index (χ0) is 35.1. The van der Waals surface area contributed by atoms with Crippen LogP contribution in [0, 0.1) is 35.3 Å². The van der Waals surface area contributed by atoms with Gasteiger partial charge in [0.25, 0.3) is 0 Å². The van der Waals surface area contributed by atoms with Gasteiger partial charge in [-0.1, -0.05) is 90.0 Å². The van der Waals surface area contributed by atoms with Gasteiger partial charge in [0.1, 0.15) is 0 Å². The van der Waals surface area contributed by atoms with Gasteiger partial charge in [-0.05, 0) is 65.4 Å². The molecule has 4 saturated carbocycles. The first-order chi connectivity index (χ1) is 23.9. The molecule has 0 heterocycles. The number of hydrogen-bond donors (Lipinski definition) is 0. The maximum atomic E-state index is 3.67. The molecule has 50 heavy (non-hydrogen) atoms. The van der Waals surface area contributed by atoms with Crippen LogP contribution in [0.25, 0.3) is 11.1 Å². The summed E-state index contributed by atoms with van der Waals surface area (Å²) in [5.41, 5.74) is 13.7. The van der Waals surface area contributed by atoms with Crippen molar-refractivity contribution in [1.29, 1.82) is 0 Å². The summed E-state index contributed by atoms with van der Waals surface area (Å²) in [5.74, 6) is 3.23. The van der Waals surface area contributed by atoms with Gasteiger partial charge in [-0.15, -0.1) is 17.5 Å². The molecule has 0 spiro atoms. The molecule has 4 aromatic rings. The Kier molecular flexibility index (Phi) is 10.1. The fraction of sp³-hybridized carbons (Fsp3) is 0.408. The molecule has 0 atom stereocenters. The molecule has 10 rings (SSSR count). The van der Waals surface area contributed by atoms with Crippen LogP contribution in [0.1, 0.15) is 120 Å². The van der Waals surface area contributed by atoms with Crippen molar-refractivity contribution >= 4 is 3.21 Å². The van der Waals surface area contributed by atoms with Crippen LogP contribution in [0.5, 0.6) is 0 Å². The molecule has 6 aliphatic rings. The van der Waals surface area contributed by atoms with Crippen LogP contribution in [0.2, 0.25) is 0 Å². The second kappa shape index (κ2) is 14.3. The molecule has 254 valence electrons. The van der Waals surface area contributed by atoms with Gasteiger partial charge in [0.15, 0.2) is 0 Å². The molecule has 0 aromatic heterocycles. The summed E-state index contributed by atoms with van der Waals surface area (Å²) < 4.78 is 1.42. The zero-order valence-corrected chi connectivity index (χ0v) is 33.7. The molecule has 0 N–H and O–H groups in total. The van der Waals surface area contributed by atoms with Crippen molar-refractivity contribution in [2.75, 3.05) is 0 Å². The van der Waals surface area contributed by atoms with Crippen molar-refractivity contribution in [3.05, 3.63) is 154 Å². The van der Waals surface area contributed by atoms with Gasteiger partial charge in [0.05, 0.1) is 0 Å². The van der Waals surface area contributed by atoms with Gasteiger partial charge in [-0.3, -0.25) is 6.08 Å². The van der Waals surface area contributed by atoms with Crippen molar-refractivity contribution < 1.29 is 24.2 Å². The minimum atomic E-state index is 0.167. The first-order valence-electron chi connectivity index (χ1n) is 19.0. The van der Waals surface area contributed by atoms with Gasteiger partial charge in [0.2, 0.25) is 0 Å². The summed E-state index contributed by atoms with van der Waals surface area (Å²) in [7, 11) is 0. The summed E-state index contributed by atoms with van der Waals surface area (Å²) in [4.78, 5) is 0. The fourth-order valence-electron chi connectivity index (χ4n) is 9.63. The zero-order valence-electron chi connectivity index (χ0n) is 31.2. The third kappa shape index (κ3) is 7.65. The van der Waals surface area contributed by atoms with Crippen LogP contribution in [0.4, 0.5) is 0 Å². The molecule has 1 heteroatoms. The van der Waals surface area contributed by atoms with Gasteiger partial charge >= 0.3 is 99.2 Å². The summed E-state index contributed by atoms with van der Waals surface area (Å²) >= 11 is 1.46. The Morgan fingerprint density at radius 2 is 1.24 bits per heavy atom. The molecule has 0 saturated heterocycles. The Hall–Kier alpha value is -2.89. The van der Waals surface area contributed by atoms with Crippen molar-refractivity contribution in [3.8, 4) is 11.1 Å². The Morgan fingerprint density at radius 1 is 0.680 bits per heavy atom. The van der Waals surface area contributed by atoms with Crippen molar-refractivity contribution in [2.24, 2.45) is 23.2 Å². The van der Waals surface area contributed by atoms with E-state index in [1.54, 1.807) is 24.8 Å². The molecule has 6 aliphatic carbocycles. The van der Waals surface area contributed by atoms with E-state index in [4.69, 9.17) is 0 Å². The molecule has 0 nitrogen and oxygen atoms in total. The Labute approximate surface area is 317 Å². The van der Waals surface area contributed by atoms with E-state index in [0.29, 0.717) is 5.41 Å². The summed E-state index contributed by atoms with van der Waals surface area (Å²) in [6, 6.07) is 36.3. The van der Waals surface area contributed by atoms with Crippen LogP contribution in [-0.4, -0.2) is 3.21 Å². The molecular formula is C49H54Zr. The van der Waals surface area contributed by atoms with E-state index in [-0.39, 0.29) is 10.8 Å². The molecule has 0 amide bonds. The SMILES string of the molecule is CC(C)(C)c1[c-]c2c(cc1)-c1ccc(C(C)(C)C)cc1C2.[C-]1=CC(C23CC4CC(CC(C4)C2)C3)=CC1.[Zr+2]=[C](c1ccccc1)c1ccccc1. The van der Waals surface area contributed by atoms with Gasteiger partial charge in [0, 0.05) is 0 Å². The van der Waals surface area contributed by atoms with Gasteiger partial charge in [-0.2, -0.15) is 35.4 Å². The molecular weight excluding hydrogens is 680 g/mol. The van der Waals surface area contributed by atoms with Crippen LogP contribution in [0.3, 0.4) is 0 Å². The van der Waals surface area contributed by atoms with Crippen LogP contribution < -0.4 is 0 Å². The van der Waals surface area contributed by atoms with Gasteiger partial charge in [-0.25, -0.2) is 6.08 Å². The monoisotopic (exact) mass is 732 g/mol. The number of benzene rings is 4. The van der Waals surface area contributed by atoms with Crippen LogP contribution in [0.15, 0.2) is 109 Å². The van der Waals surface area contributed by atoms with E-state index in [2.05, 4.69) is 157 Å². The van der Waals surface area contributed by atoms with E-state index < -0.39 is 0 Å². The first kappa shape index (κ1) is 35.5. The predicted octanol–water partition coefficient (Wildman–Crippen LogP) is 12.3. The first-order valence-corrected chi connectivity index (χ1v) is 20.3. The van der Waals surface area contributed by atoms with Crippen LogP contribution in [-0.2, 0) is 41.5 Å². The van der Waals surface area contributed by atoms with Crippen molar-refractivity contribution in [3.63, 3.8) is 0 Å². The number of fused-ring (bicyclic) bond motifs is 3. The molecule has 0 unspecified atom stereocenters. The molecule has 0 radical (unpaired) electrons. The van der Waals surface area contributed by atoms with Crippen LogP contribution >= 0.6 is 0 Å². The molecule has 4 aromatic carbocycles. The van der Waals surface area contributed by atoms with E-state index in [1.165, 1.54) is 91.2 Å². The van der Waals surface area contributed by atoms with E-state index in [0.717, 1.165) is 30.6 Å². The Morgan fingerprint density at radius 3 is 1.74 bits per heavy atom. The number of rotatable bonds is 3. The van der Waals surface area contributed by atoms with Crippen molar-refractivity contribution in [2.45, 2.75) is 104 Å². The minimum absolute atomic E-state index is 0.167. The normalized spacial score (nSPS) is 24.0. The Bertz CT molecular complexity index is 1750. The topological polar surface area (TPSA) is 0 Å². The fourth-order valence-corrected chi connectivity index (χ4v) is 10.5. The molecule has 4 bridgehead atoms. The molecule has 4 fully saturated rings. The maximum absolute atomic E-state index is 3.67. The third-order valence-corrected chi connectivity index (χ3v) is 13.4. The third-order valence-electron chi connectivity index (χ3n) is 11.9. The summed E-state index contributed by atoms with van der Waals surface area (Å²) in [5, 5.41) is 0. The van der Waals surface area contributed by atoms with Gasteiger partial charge < -0.3 is 0 Å². The second-order valence-corrected chi connectivity index (χ2v) is 19.1.